The molecule has 1 aliphatic rings. The molecule has 3 rings (SSSR count). The van der Waals surface area contributed by atoms with Gasteiger partial charge in [-0.25, -0.2) is 0 Å². The van der Waals surface area contributed by atoms with E-state index in [9.17, 15) is 4.79 Å². The van der Waals surface area contributed by atoms with Gasteiger partial charge in [-0.05, 0) is 31.2 Å². The Labute approximate surface area is 135 Å². The molecule has 1 aliphatic heterocycles. The number of fused-ring (bicyclic) bond motifs is 1. The van der Waals surface area contributed by atoms with Crippen molar-refractivity contribution in [1.29, 1.82) is 0 Å². The van der Waals surface area contributed by atoms with E-state index in [0.29, 0.717) is 18.8 Å². The summed E-state index contributed by atoms with van der Waals surface area (Å²) in [5.74, 6) is 0.656. The molecular formula is C18H20N2O3. The number of anilines is 1. The van der Waals surface area contributed by atoms with Gasteiger partial charge in [0.1, 0.15) is 18.0 Å². The van der Waals surface area contributed by atoms with Crippen LogP contribution in [0.15, 0.2) is 48.5 Å². The number of ether oxygens (including phenoxy) is 2. The zero-order chi connectivity index (χ0) is 16.3. The lowest BCUT2D eigenvalue weighted by molar-refractivity contribution is 0.0906. The third-order valence-corrected chi connectivity index (χ3v) is 3.89. The van der Waals surface area contributed by atoms with Crippen LogP contribution in [0.25, 0.3) is 0 Å². The molecular weight excluding hydrogens is 292 g/mol. The average molecular weight is 312 g/mol. The Hall–Kier alpha value is -2.53. The number of carbonyl (C=O) groups is 1. The number of methoxy groups -OCH3 is 1. The lowest BCUT2D eigenvalue weighted by atomic mass is 9.96. The molecule has 5 heteroatoms. The molecule has 5 nitrogen and oxygen atoms in total. The molecule has 1 atom stereocenters. The zero-order valence-corrected chi connectivity index (χ0v) is 13.3. The van der Waals surface area contributed by atoms with Gasteiger partial charge in [0.25, 0.3) is 5.91 Å². The van der Waals surface area contributed by atoms with Gasteiger partial charge in [-0.1, -0.05) is 24.3 Å². The minimum Gasteiger partial charge on any atom is -0.491 e. The molecule has 0 fully saturated rings. The molecule has 2 aromatic rings. The van der Waals surface area contributed by atoms with Crippen LogP contribution in [0.2, 0.25) is 0 Å². The maximum atomic E-state index is 12.4. The van der Waals surface area contributed by atoms with Crippen molar-refractivity contribution >= 4 is 11.6 Å². The van der Waals surface area contributed by atoms with E-state index in [1.54, 1.807) is 7.11 Å². The Bertz CT molecular complexity index is 717. The van der Waals surface area contributed by atoms with Gasteiger partial charge in [0, 0.05) is 18.4 Å². The predicted octanol–water partition coefficient (Wildman–Crippen LogP) is 2.74. The van der Waals surface area contributed by atoms with Crippen molar-refractivity contribution in [3.05, 3.63) is 59.7 Å². The van der Waals surface area contributed by atoms with Crippen LogP contribution in [0.4, 0.5) is 5.69 Å². The first-order chi connectivity index (χ1) is 11.1. The second-order valence-electron chi connectivity index (χ2n) is 5.62. The van der Waals surface area contributed by atoms with Crippen LogP contribution < -0.4 is 15.4 Å². The van der Waals surface area contributed by atoms with E-state index in [0.717, 1.165) is 17.0 Å². The Morgan fingerprint density at radius 1 is 1.04 bits per heavy atom. The molecule has 0 spiro atoms. The van der Waals surface area contributed by atoms with Crippen molar-refractivity contribution in [3.8, 4) is 5.75 Å². The first kappa shape index (κ1) is 15.4. The number of hydrogen-bond acceptors (Lipinski definition) is 4. The molecule has 23 heavy (non-hydrogen) atoms. The maximum Gasteiger partial charge on any atom is 0.255 e. The number of para-hydroxylation sites is 1. The minimum atomic E-state index is -0.688. The molecule has 0 bridgehead atoms. The van der Waals surface area contributed by atoms with Gasteiger partial charge >= 0.3 is 0 Å². The SMILES string of the molecule is COCCOc1cccc(C2(C)NC(=O)c3ccccc3N2)c1. The fraction of sp³-hybridized carbons (Fsp3) is 0.278. The van der Waals surface area contributed by atoms with E-state index >= 15 is 0 Å². The van der Waals surface area contributed by atoms with E-state index in [2.05, 4.69) is 10.6 Å². The molecule has 0 saturated heterocycles. The van der Waals surface area contributed by atoms with Gasteiger partial charge in [0.05, 0.1) is 12.2 Å². The lowest BCUT2D eigenvalue weighted by Crippen LogP contribution is -2.52. The number of hydrogen-bond donors (Lipinski definition) is 2. The molecule has 0 aromatic heterocycles. The van der Waals surface area contributed by atoms with Gasteiger partial charge in [-0.2, -0.15) is 0 Å². The molecule has 2 N–H and O–H groups in total. The smallest absolute Gasteiger partial charge is 0.255 e. The van der Waals surface area contributed by atoms with Crippen molar-refractivity contribution in [2.75, 3.05) is 25.6 Å². The normalized spacial score (nSPS) is 19.5. The summed E-state index contributed by atoms with van der Waals surface area (Å²) in [6.45, 7) is 2.96. The summed E-state index contributed by atoms with van der Waals surface area (Å²) in [4.78, 5) is 12.4. The van der Waals surface area contributed by atoms with Gasteiger partial charge in [-0.3, -0.25) is 4.79 Å². The van der Waals surface area contributed by atoms with E-state index in [1.807, 2.05) is 55.5 Å². The Morgan fingerprint density at radius 2 is 1.87 bits per heavy atom. The summed E-state index contributed by atoms with van der Waals surface area (Å²) in [5.41, 5.74) is 1.71. The number of nitrogens with one attached hydrogen (secondary N) is 2. The van der Waals surface area contributed by atoms with Crippen molar-refractivity contribution < 1.29 is 14.3 Å². The van der Waals surface area contributed by atoms with Crippen LogP contribution in [0.1, 0.15) is 22.8 Å². The van der Waals surface area contributed by atoms with Crippen LogP contribution in [-0.4, -0.2) is 26.2 Å². The van der Waals surface area contributed by atoms with Crippen molar-refractivity contribution in [1.82, 2.24) is 5.32 Å². The highest BCUT2D eigenvalue weighted by Gasteiger charge is 2.34. The summed E-state index contributed by atoms with van der Waals surface area (Å²) in [7, 11) is 1.64. The van der Waals surface area contributed by atoms with E-state index in [1.165, 1.54) is 0 Å². The topological polar surface area (TPSA) is 59.6 Å². The molecule has 1 unspecified atom stereocenters. The van der Waals surface area contributed by atoms with Gasteiger partial charge in [-0.15, -0.1) is 0 Å². The highest BCUT2D eigenvalue weighted by Crippen LogP contribution is 2.32. The third-order valence-electron chi connectivity index (χ3n) is 3.89. The zero-order valence-electron chi connectivity index (χ0n) is 13.3. The van der Waals surface area contributed by atoms with E-state index in [-0.39, 0.29) is 5.91 Å². The molecule has 1 heterocycles. The number of benzene rings is 2. The number of carbonyl (C=O) groups excluding carboxylic acids is 1. The molecule has 2 aromatic carbocycles. The monoisotopic (exact) mass is 312 g/mol. The number of amides is 1. The fourth-order valence-corrected chi connectivity index (χ4v) is 2.67. The van der Waals surface area contributed by atoms with Crippen LogP contribution in [0.3, 0.4) is 0 Å². The molecule has 0 aliphatic carbocycles. The quantitative estimate of drug-likeness (QED) is 0.834. The third kappa shape index (κ3) is 3.14. The van der Waals surface area contributed by atoms with Gasteiger partial charge < -0.3 is 20.1 Å². The fourth-order valence-electron chi connectivity index (χ4n) is 2.67. The summed E-state index contributed by atoms with van der Waals surface area (Å²) < 4.78 is 10.6. The largest absolute Gasteiger partial charge is 0.491 e. The summed E-state index contributed by atoms with van der Waals surface area (Å²) in [6, 6.07) is 15.2. The number of rotatable bonds is 5. The maximum absolute atomic E-state index is 12.4. The average Bonchev–Trinajstić information content (AvgIpc) is 2.55. The molecule has 1 amide bonds. The van der Waals surface area contributed by atoms with Gasteiger partial charge in [0.2, 0.25) is 0 Å². The van der Waals surface area contributed by atoms with Crippen LogP contribution in [0, 0.1) is 0 Å². The standard InChI is InChI=1S/C18H20N2O3/c1-18(13-6-5-7-14(12-13)23-11-10-22-2)19-16-9-4-3-8-15(16)17(21)20-18/h3-9,12,19H,10-11H2,1-2H3,(H,20,21). The molecule has 0 saturated carbocycles. The van der Waals surface area contributed by atoms with E-state index in [4.69, 9.17) is 9.47 Å². The lowest BCUT2D eigenvalue weighted by Gasteiger charge is -2.38. The molecule has 0 radical (unpaired) electrons. The van der Waals surface area contributed by atoms with Crippen molar-refractivity contribution in [2.24, 2.45) is 0 Å². The van der Waals surface area contributed by atoms with Crippen molar-refractivity contribution in [3.63, 3.8) is 0 Å². The Balaban J connectivity index is 1.86. The first-order valence-electron chi connectivity index (χ1n) is 7.54. The highest BCUT2D eigenvalue weighted by atomic mass is 16.5. The Kier molecular flexibility index (Phi) is 4.21. The second-order valence-corrected chi connectivity index (χ2v) is 5.62. The van der Waals surface area contributed by atoms with Crippen LogP contribution in [0.5, 0.6) is 5.75 Å². The Morgan fingerprint density at radius 3 is 2.70 bits per heavy atom. The highest BCUT2D eigenvalue weighted by molar-refractivity contribution is 6.02. The summed E-state index contributed by atoms with van der Waals surface area (Å²) >= 11 is 0. The minimum absolute atomic E-state index is 0.0902. The van der Waals surface area contributed by atoms with Crippen molar-refractivity contribution in [2.45, 2.75) is 12.6 Å². The van der Waals surface area contributed by atoms with Gasteiger partial charge in [0.15, 0.2) is 0 Å². The summed E-state index contributed by atoms with van der Waals surface area (Å²) in [6.07, 6.45) is 0. The van der Waals surface area contributed by atoms with Crippen LogP contribution >= 0.6 is 0 Å². The van der Waals surface area contributed by atoms with E-state index < -0.39 is 5.66 Å². The predicted molar refractivity (Wildman–Crippen MR) is 88.7 cm³/mol. The summed E-state index contributed by atoms with van der Waals surface area (Å²) in [5, 5.41) is 6.43. The first-order valence-corrected chi connectivity index (χ1v) is 7.54. The van der Waals surface area contributed by atoms with Crippen LogP contribution in [-0.2, 0) is 10.4 Å². The second kappa shape index (κ2) is 6.30. The molecule has 120 valence electrons.